The average Bonchev–Trinajstić information content (AvgIpc) is 3.28. The van der Waals surface area contributed by atoms with Gasteiger partial charge in [-0.1, -0.05) is 41.9 Å². The van der Waals surface area contributed by atoms with Crippen LogP contribution in [0, 0.1) is 0 Å². The highest BCUT2D eigenvalue weighted by Crippen LogP contribution is 2.38. The molecule has 0 N–H and O–H groups in total. The third-order valence-electron chi connectivity index (χ3n) is 6.99. The van der Waals surface area contributed by atoms with E-state index in [0.717, 1.165) is 38.6 Å². The van der Waals surface area contributed by atoms with Crippen molar-refractivity contribution in [3.8, 4) is 5.75 Å². The van der Waals surface area contributed by atoms with Crippen molar-refractivity contribution in [3.05, 3.63) is 76.9 Å². The molecule has 0 aliphatic carbocycles. The molecule has 5 rings (SSSR count). The fourth-order valence-corrected chi connectivity index (χ4v) is 5.67. The molecule has 0 spiro atoms. The molecule has 214 valence electrons. The maximum absolute atomic E-state index is 12.2. The summed E-state index contributed by atoms with van der Waals surface area (Å²) >= 11 is 6.73. The molecular weight excluding hydrogens is 550 g/mol. The van der Waals surface area contributed by atoms with E-state index in [1.165, 1.54) is 20.8 Å². The van der Waals surface area contributed by atoms with Gasteiger partial charge in [-0.3, -0.25) is 14.4 Å². The van der Waals surface area contributed by atoms with Crippen LogP contribution < -0.4 is 4.74 Å². The molecular formula is C31H30ClNO8. The van der Waals surface area contributed by atoms with E-state index in [-0.39, 0.29) is 6.61 Å². The highest BCUT2D eigenvalue weighted by molar-refractivity contribution is 6.35. The van der Waals surface area contributed by atoms with Crippen LogP contribution in [0.1, 0.15) is 38.1 Å². The molecule has 0 radical (unpaired) electrons. The lowest BCUT2D eigenvalue weighted by atomic mass is 10.0. The summed E-state index contributed by atoms with van der Waals surface area (Å²) in [6.45, 7) is 3.66. The van der Waals surface area contributed by atoms with Gasteiger partial charge >= 0.3 is 17.9 Å². The Balaban J connectivity index is 1.57. The zero-order chi connectivity index (χ0) is 29.3. The first-order valence-corrected chi connectivity index (χ1v) is 13.5. The Bertz CT molecular complexity index is 1630. The van der Waals surface area contributed by atoms with E-state index in [1.54, 1.807) is 7.11 Å². The van der Waals surface area contributed by atoms with Gasteiger partial charge in [-0.25, -0.2) is 0 Å². The maximum Gasteiger partial charge on any atom is 0.303 e. The molecule has 4 atom stereocenters. The van der Waals surface area contributed by atoms with Gasteiger partial charge in [-0.05, 0) is 52.6 Å². The summed E-state index contributed by atoms with van der Waals surface area (Å²) in [5, 5.41) is 3.51. The fraction of sp³-hybridized carbons (Fsp3) is 0.323. The number of benzene rings is 3. The molecule has 0 saturated carbocycles. The Labute approximate surface area is 241 Å². The van der Waals surface area contributed by atoms with E-state index < -0.39 is 42.4 Å². The van der Waals surface area contributed by atoms with Gasteiger partial charge in [0.25, 0.3) is 0 Å². The number of nitrogens with zero attached hydrogens (tertiary/aromatic N) is 1. The molecule has 1 aliphatic heterocycles. The van der Waals surface area contributed by atoms with Crippen molar-refractivity contribution in [2.24, 2.45) is 0 Å². The maximum atomic E-state index is 12.2. The van der Waals surface area contributed by atoms with Crippen LogP contribution >= 0.6 is 11.6 Å². The highest BCUT2D eigenvalue weighted by Gasteiger charge is 2.48. The number of methoxy groups -OCH3 is 1. The van der Waals surface area contributed by atoms with Crippen LogP contribution in [-0.2, 0) is 39.8 Å². The number of carbonyl (C=O) groups excluding carboxylic acids is 3. The molecule has 1 saturated heterocycles. The number of hydrogen-bond acceptors (Lipinski definition) is 8. The van der Waals surface area contributed by atoms with Crippen LogP contribution in [0.15, 0.2) is 60.8 Å². The molecule has 1 aromatic heterocycles. The number of rotatable bonds is 7. The van der Waals surface area contributed by atoms with Crippen LogP contribution in [-0.4, -0.2) is 54.5 Å². The van der Waals surface area contributed by atoms with E-state index >= 15 is 0 Å². The van der Waals surface area contributed by atoms with Gasteiger partial charge in [0.1, 0.15) is 5.75 Å². The third-order valence-corrected chi connectivity index (χ3v) is 7.31. The lowest BCUT2D eigenvalue weighted by Gasteiger charge is -2.41. The molecule has 0 bridgehead atoms. The van der Waals surface area contributed by atoms with Crippen molar-refractivity contribution < 1.29 is 38.1 Å². The first-order chi connectivity index (χ1) is 19.6. The summed E-state index contributed by atoms with van der Waals surface area (Å²) in [4.78, 5) is 36.0. The van der Waals surface area contributed by atoms with Crippen molar-refractivity contribution in [3.63, 3.8) is 0 Å². The summed E-state index contributed by atoms with van der Waals surface area (Å²) in [5.41, 5.74) is 2.73. The number of aromatic nitrogens is 1. The van der Waals surface area contributed by atoms with Crippen molar-refractivity contribution in [2.75, 3.05) is 13.7 Å². The van der Waals surface area contributed by atoms with E-state index in [9.17, 15) is 14.4 Å². The summed E-state index contributed by atoms with van der Waals surface area (Å²) < 4.78 is 29.9. The largest absolute Gasteiger partial charge is 0.497 e. The lowest BCUT2D eigenvalue weighted by molar-refractivity contribution is -0.239. The van der Waals surface area contributed by atoms with Gasteiger partial charge in [0.2, 0.25) is 0 Å². The fourth-order valence-electron chi connectivity index (χ4n) is 5.38. The predicted octanol–water partition coefficient (Wildman–Crippen LogP) is 5.37. The summed E-state index contributed by atoms with van der Waals surface area (Å²) in [5.74, 6) is -1.00. The predicted molar refractivity (Wildman–Crippen MR) is 152 cm³/mol. The minimum Gasteiger partial charge on any atom is -0.497 e. The Morgan fingerprint density at radius 3 is 2.29 bits per heavy atom. The number of hydrogen-bond donors (Lipinski definition) is 0. The molecule has 1 aliphatic rings. The van der Waals surface area contributed by atoms with Crippen molar-refractivity contribution in [2.45, 2.75) is 51.7 Å². The molecule has 0 unspecified atom stereocenters. The normalized spacial score (nSPS) is 20.5. The van der Waals surface area contributed by atoms with E-state index in [4.69, 9.17) is 35.3 Å². The number of ether oxygens (including phenoxy) is 5. The van der Waals surface area contributed by atoms with Crippen molar-refractivity contribution >= 4 is 51.2 Å². The molecule has 0 amide bonds. The minimum absolute atomic E-state index is 0.0797. The van der Waals surface area contributed by atoms with Crippen molar-refractivity contribution in [1.29, 1.82) is 0 Å². The summed E-state index contributed by atoms with van der Waals surface area (Å²) in [6.07, 6.45) is -1.58. The van der Waals surface area contributed by atoms with Gasteiger partial charge in [0.15, 0.2) is 24.5 Å². The molecule has 1 fully saturated rings. The number of halogens is 1. The second kappa shape index (κ2) is 11.8. The SMILES string of the molecule is COc1ccc2cc(Cc3cn([C@@H]4OC[C@@H](OC(C)=O)[C@H](OC(C)=O)[C@H]4OC(C)=O)c4cccc(Cl)c34)ccc2c1. The molecule has 4 aromatic rings. The smallest absolute Gasteiger partial charge is 0.303 e. The summed E-state index contributed by atoms with van der Waals surface area (Å²) in [6, 6.07) is 17.7. The van der Waals surface area contributed by atoms with Crippen LogP contribution in [0.25, 0.3) is 21.7 Å². The molecule has 10 heteroatoms. The molecule has 2 heterocycles. The Hall–Kier alpha value is -4.08. The molecule has 3 aromatic carbocycles. The van der Waals surface area contributed by atoms with Gasteiger partial charge in [-0.15, -0.1) is 0 Å². The van der Waals surface area contributed by atoms with Crippen LogP contribution in [0.5, 0.6) is 5.75 Å². The molecule has 41 heavy (non-hydrogen) atoms. The Morgan fingerprint density at radius 1 is 0.902 bits per heavy atom. The quantitative estimate of drug-likeness (QED) is 0.213. The van der Waals surface area contributed by atoms with Crippen LogP contribution in [0.2, 0.25) is 5.02 Å². The van der Waals surface area contributed by atoms with Crippen LogP contribution in [0.4, 0.5) is 0 Å². The van der Waals surface area contributed by atoms with E-state index in [0.29, 0.717) is 11.4 Å². The van der Waals surface area contributed by atoms with Gasteiger partial charge in [0.05, 0.1) is 24.3 Å². The average molecular weight is 580 g/mol. The Kier molecular flexibility index (Phi) is 8.19. The highest BCUT2D eigenvalue weighted by atomic mass is 35.5. The lowest BCUT2D eigenvalue weighted by Crippen LogP contribution is -2.55. The number of carbonyl (C=O) groups is 3. The third kappa shape index (κ3) is 6.01. The second-order valence-corrected chi connectivity index (χ2v) is 10.3. The number of esters is 3. The van der Waals surface area contributed by atoms with E-state index in [2.05, 4.69) is 12.1 Å². The monoisotopic (exact) mass is 579 g/mol. The van der Waals surface area contributed by atoms with Crippen LogP contribution in [0.3, 0.4) is 0 Å². The minimum atomic E-state index is -1.10. The first-order valence-electron chi connectivity index (χ1n) is 13.1. The van der Waals surface area contributed by atoms with Crippen molar-refractivity contribution in [1.82, 2.24) is 4.57 Å². The Morgan fingerprint density at radius 2 is 1.59 bits per heavy atom. The summed E-state index contributed by atoms with van der Waals surface area (Å²) in [7, 11) is 1.64. The molecule has 9 nitrogen and oxygen atoms in total. The van der Waals surface area contributed by atoms with E-state index in [1.807, 2.05) is 53.2 Å². The van der Waals surface area contributed by atoms with Gasteiger partial charge in [-0.2, -0.15) is 0 Å². The zero-order valence-electron chi connectivity index (χ0n) is 23.1. The number of fused-ring (bicyclic) bond motifs is 2. The first kappa shape index (κ1) is 28.4. The van der Waals surface area contributed by atoms with Gasteiger partial charge in [0, 0.05) is 32.4 Å². The second-order valence-electron chi connectivity index (χ2n) is 9.94. The topological polar surface area (TPSA) is 102 Å². The standard InChI is InChI=1S/C31H30ClNO8/c1-17(34)39-27-16-38-31(30(41-19(3)36)29(27)40-18(2)35)33-15-23(28-25(32)6-5-7-26(28)33)13-20-8-9-22-14-24(37-4)11-10-21(22)12-20/h5-12,14-15,27,29-31H,13,16H2,1-4H3/t27-,29+,30-,31-/m1/s1. The van der Waals surface area contributed by atoms with Gasteiger partial charge < -0.3 is 28.3 Å². The zero-order valence-corrected chi connectivity index (χ0v) is 23.8.